The first-order valence-electron chi connectivity index (χ1n) is 20.1. The summed E-state index contributed by atoms with van der Waals surface area (Å²) < 4.78 is 7.34. The lowest BCUT2D eigenvalue weighted by molar-refractivity contribution is -0.0477. The second-order valence-corrected chi connectivity index (χ2v) is 16.1. The number of pyridine rings is 1. The summed E-state index contributed by atoms with van der Waals surface area (Å²) >= 11 is 6.31. The number of piperidine rings is 1. The van der Waals surface area contributed by atoms with Gasteiger partial charge in [0, 0.05) is 56.3 Å². The summed E-state index contributed by atoms with van der Waals surface area (Å²) in [6.45, 7) is 6.81. The Kier molecular flexibility index (Phi) is 10.7. The van der Waals surface area contributed by atoms with Crippen molar-refractivity contribution in [1.29, 1.82) is 0 Å². The molecular formula is C40H47ClN12O5. The first-order chi connectivity index (χ1) is 28.2. The smallest absolute Gasteiger partial charge is 0.323 e. The highest BCUT2D eigenvalue weighted by Gasteiger charge is 2.39. The van der Waals surface area contributed by atoms with Crippen molar-refractivity contribution < 1.29 is 24.3 Å². The van der Waals surface area contributed by atoms with Crippen LogP contribution in [0.5, 0.6) is 0 Å². The number of hydrogen-bond donors (Lipinski definition) is 5. The Hall–Kier alpha value is -5.20. The first kappa shape index (κ1) is 38.3. The molecule has 4 aliphatic rings. The fourth-order valence-corrected chi connectivity index (χ4v) is 9.08. The number of piperazine rings is 1. The van der Waals surface area contributed by atoms with E-state index in [4.69, 9.17) is 16.1 Å². The number of hydrogen-bond acceptors (Lipinski definition) is 13. The van der Waals surface area contributed by atoms with Crippen molar-refractivity contribution >= 4 is 46.2 Å². The molecule has 3 amide bonds. The van der Waals surface area contributed by atoms with Crippen molar-refractivity contribution in [3.8, 4) is 11.5 Å². The van der Waals surface area contributed by atoms with Crippen LogP contribution in [0.1, 0.15) is 83.9 Å². The lowest BCUT2D eigenvalue weighted by atomic mass is 10.0. The number of aromatic nitrogens is 6. The van der Waals surface area contributed by atoms with Crippen LogP contribution in [0.25, 0.3) is 17.2 Å². The van der Waals surface area contributed by atoms with Crippen molar-refractivity contribution in [3.05, 3.63) is 76.2 Å². The predicted octanol–water partition coefficient (Wildman–Crippen LogP) is 4.54. The third kappa shape index (κ3) is 7.71. The minimum Gasteiger partial charge on any atom is -0.379 e. The van der Waals surface area contributed by atoms with Crippen LogP contribution in [0.4, 0.5) is 21.9 Å². The van der Waals surface area contributed by atoms with Crippen LogP contribution in [0.15, 0.2) is 47.4 Å². The molecule has 0 radical (unpaired) electrons. The lowest BCUT2D eigenvalue weighted by Gasteiger charge is -2.37. The van der Waals surface area contributed by atoms with Crippen molar-refractivity contribution in [1.82, 2.24) is 44.8 Å². The molecular weight excluding hydrogens is 764 g/mol. The number of carbonyl (C=O) groups excluding carboxylic acids is 2. The van der Waals surface area contributed by atoms with Crippen molar-refractivity contribution in [2.45, 2.75) is 89.3 Å². The van der Waals surface area contributed by atoms with Crippen LogP contribution in [0, 0.1) is 6.92 Å². The fraction of sp³-hybridized carbons (Fsp3) is 0.475. The number of rotatable bonds is 10. The van der Waals surface area contributed by atoms with E-state index in [1.54, 1.807) is 28.0 Å². The summed E-state index contributed by atoms with van der Waals surface area (Å²) in [5.41, 5.74) is 6.73. The Morgan fingerprint density at radius 1 is 1.02 bits per heavy atom. The maximum absolute atomic E-state index is 13.2. The lowest BCUT2D eigenvalue weighted by Crippen LogP contribution is -2.56. The van der Waals surface area contributed by atoms with Gasteiger partial charge in [-0.1, -0.05) is 29.6 Å². The van der Waals surface area contributed by atoms with Crippen LogP contribution in [-0.4, -0.2) is 113 Å². The maximum Gasteiger partial charge on any atom is 0.323 e. The van der Waals surface area contributed by atoms with Gasteiger partial charge >= 0.3 is 6.03 Å². The third-order valence-electron chi connectivity index (χ3n) is 11.9. The summed E-state index contributed by atoms with van der Waals surface area (Å²) in [6, 6.07) is 7.08. The van der Waals surface area contributed by atoms with Gasteiger partial charge in [0.2, 0.25) is 11.7 Å². The number of aliphatic hydroxyl groups is 2. The molecule has 18 heteroatoms. The van der Waals surface area contributed by atoms with E-state index in [0.717, 1.165) is 87.3 Å². The second kappa shape index (κ2) is 16.2. The number of fused-ring (bicyclic) bond motifs is 2. The van der Waals surface area contributed by atoms with Crippen LogP contribution in [0.3, 0.4) is 0 Å². The average molecular weight is 811 g/mol. The predicted molar refractivity (Wildman–Crippen MR) is 216 cm³/mol. The third-order valence-corrected chi connectivity index (χ3v) is 12.2. The number of benzene rings is 1. The van der Waals surface area contributed by atoms with Gasteiger partial charge in [0.1, 0.15) is 23.2 Å². The van der Waals surface area contributed by atoms with E-state index < -0.39 is 18.5 Å². The van der Waals surface area contributed by atoms with Gasteiger partial charge in [-0.2, -0.15) is 10.1 Å². The van der Waals surface area contributed by atoms with Gasteiger partial charge < -0.3 is 35.2 Å². The van der Waals surface area contributed by atoms with E-state index in [1.165, 1.54) is 0 Å². The topological polar surface area (TPSA) is 202 Å². The second-order valence-electron chi connectivity index (χ2n) is 15.7. The molecule has 5 N–H and O–H groups in total. The van der Waals surface area contributed by atoms with E-state index in [0.29, 0.717) is 70.8 Å². The van der Waals surface area contributed by atoms with Crippen molar-refractivity contribution in [2.75, 3.05) is 48.3 Å². The van der Waals surface area contributed by atoms with E-state index in [1.807, 2.05) is 25.1 Å². The Labute approximate surface area is 339 Å². The van der Waals surface area contributed by atoms with Gasteiger partial charge in [-0.3, -0.25) is 20.0 Å². The highest BCUT2D eigenvalue weighted by Crippen LogP contribution is 2.38. The van der Waals surface area contributed by atoms with Gasteiger partial charge in [0.05, 0.1) is 41.7 Å². The summed E-state index contributed by atoms with van der Waals surface area (Å²) in [7, 11) is 0. The zero-order valence-electron chi connectivity index (χ0n) is 32.3. The largest absolute Gasteiger partial charge is 0.379 e. The number of aliphatic hydroxyl groups excluding tert-OH is 2. The molecule has 304 valence electrons. The molecule has 3 aliphatic heterocycles. The number of amides is 3. The number of nitrogens with zero attached hydrogens (tertiary/aromatic N) is 9. The summed E-state index contributed by atoms with van der Waals surface area (Å²) in [4.78, 5) is 46.5. The van der Waals surface area contributed by atoms with Crippen molar-refractivity contribution in [2.24, 2.45) is 0 Å². The SMILES string of the molecule is Cc1cc(NC(=O)Nc2cnc3c(Cl)cnn3c2C2CCCC2)cnc1-c1noc(CCCN2CCN(c3ccc4c(c3)CN(C3CCC(O)NC3O)C4=O)CC2)n1. The minimum atomic E-state index is -0.952. The number of halogens is 1. The Morgan fingerprint density at radius 3 is 2.64 bits per heavy atom. The van der Waals surface area contributed by atoms with Gasteiger partial charge in [-0.05, 0) is 81.0 Å². The average Bonchev–Trinajstić information content (AvgIpc) is 4.04. The molecule has 3 unspecified atom stereocenters. The van der Waals surface area contributed by atoms with E-state index in [9.17, 15) is 19.8 Å². The molecule has 58 heavy (non-hydrogen) atoms. The highest BCUT2D eigenvalue weighted by molar-refractivity contribution is 6.33. The number of urea groups is 1. The number of carbonyl (C=O) groups is 2. The van der Waals surface area contributed by atoms with E-state index >= 15 is 0 Å². The van der Waals surface area contributed by atoms with Crippen LogP contribution >= 0.6 is 11.6 Å². The normalized spacial score (nSPS) is 21.6. The standard InChI is InChI=1S/C40H47ClN12O5/c1-23-17-26(45-40(57)46-30-21-43-37-29(41)20-44-53(37)35(30)24-5-2-3-6-24)19-42-34(23)36-48-33(58-49-36)7-4-12-50-13-15-51(16-14-50)27-8-9-28-25(18-27)22-52(39(28)56)31-10-11-32(54)47-38(31)55/h8-9,17-21,24,31-32,38,47,54-55H,2-7,10-16,22H2,1H3,(H2,45,46,57). The highest BCUT2D eigenvalue weighted by atomic mass is 35.5. The molecule has 9 rings (SSSR count). The number of anilines is 3. The molecule has 7 heterocycles. The van der Waals surface area contributed by atoms with Gasteiger partial charge in [-0.25, -0.2) is 14.3 Å². The molecule has 0 bridgehead atoms. The fourth-order valence-electron chi connectivity index (χ4n) is 8.91. The van der Waals surface area contributed by atoms with E-state index in [2.05, 4.69) is 57.0 Å². The molecule has 0 spiro atoms. The summed E-state index contributed by atoms with van der Waals surface area (Å²) in [6.07, 6.45) is 9.91. The Morgan fingerprint density at radius 2 is 1.84 bits per heavy atom. The Bertz CT molecular complexity index is 2320. The molecule has 4 aromatic heterocycles. The molecule has 1 aromatic carbocycles. The monoisotopic (exact) mass is 810 g/mol. The number of aryl methyl sites for hydroxylation is 2. The minimum absolute atomic E-state index is 0.0702. The van der Waals surface area contributed by atoms with Crippen LogP contribution in [0.2, 0.25) is 5.02 Å². The summed E-state index contributed by atoms with van der Waals surface area (Å²) in [5.74, 6) is 1.13. The quantitative estimate of drug-likeness (QED) is 0.132. The maximum atomic E-state index is 13.2. The molecule has 3 fully saturated rings. The zero-order chi connectivity index (χ0) is 39.9. The van der Waals surface area contributed by atoms with Crippen LogP contribution < -0.4 is 20.9 Å². The first-order valence-corrected chi connectivity index (χ1v) is 20.5. The van der Waals surface area contributed by atoms with E-state index in [-0.39, 0.29) is 17.9 Å². The Balaban J connectivity index is 0.747. The van der Waals surface area contributed by atoms with Gasteiger partial charge in [0.15, 0.2) is 5.65 Å². The van der Waals surface area contributed by atoms with Gasteiger partial charge in [-0.15, -0.1) is 0 Å². The molecule has 2 saturated heterocycles. The molecule has 1 aliphatic carbocycles. The van der Waals surface area contributed by atoms with Crippen LogP contribution in [-0.2, 0) is 13.0 Å². The number of nitrogens with one attached hydrogen (secondary N) is 3. The van der Waals surface area contributed by atoms with Gasteiger partial charge in [0.25, 0.3) is 5.91 Å². The molecule has 5 aromatic rings. The molecule has 3 atom stereocenters. The molecule has 1 saturated carbocycles. The summed E-state index contributed by atoms with van der Waals surface area (Å²) in [5, 5.41) is 38.0. The zero-order valence-corrected chi connectivity index (χ0v) is 33.0. The molecule has 17 nitrogen and oxygen atoms in total. The van der Waals surface area contributed by atoms with Crippen molar-refractivity contribution in [3.63, 3.8) is 0 Å².